The quantitative estimate of drug-likeness (QED) is 0.114. The first kappa shape index (κ1) is 35.7. The van der Waals surface area contributed by atoms with Crippen molar-refractivity contribution in [2.24, 2.45) is 0 Å². The van der Waals surface area contributed by atoms with Crippen molar-refractivity contribution in [3.05, 3.63) is 120 Å². The van der Waals surface area contributed by atoms with E-state index < -0.39 is 11.9 Å². The van der Waals surface area contributed by atoms with Crippen LogP contribution in [-0.4, -0.2) is 71.7 Å². The van der Waals surface area contributed by atoms with E-state index in [0.29, 0.717) is 31.1 Å². The second-order valence-electron chi connectivity index (χ2n) is 14.0. The number of ether oxygens (including phenoxy) is 2. The van der Waals surface area contributed by atoms with Gasteiger partial charge in [-0.3, -0.25) is 14.5 Å². The summed E-state index contributed by atoms with van der Waals surface area (Å²) in [5.74, 6) is 2.50. The van der Waals surface area contributed by atoms with E-state index >= 15 is 0 Å². The molecule has 6 aromatic rings. The summed E-state index contributed by atoms with van der Waals surface area (Å²) < 4.78 is 12.8. The van der Waals surface area contributed by atoms with Gasteiger partial charge in [0.2, 0.25) is 5.91 Å². The molecule has 1 atom stereocenters. The summed E-state index contributed by atoms with van der Waals surface area (Å²) in [7, 11) is 2.10. The number of H-pyrrole nitrogens is 2. The molecule has 0 aliphatic carbocycles. The predicted octanol–water partition coefficient (Wildman–Crippen LogP) is 6.46. The van der Waals surface area contributed by atoms with Gasteiger partial charge in [-0.1, -0.05) is 44.2 Å². The van der Waals surface area contributed by atoms with Gasteiger partial charge in [-0.25, -0.2) is 19.9 Å². The van der Waals surface area contributed by atoms with E-state index in [1.54, 1.807) is 11.1 Å². The molecule has 0 radical (unpaired) electrons. The zero-order chi connectivity index (χ0) is 37.9. The zero-order valence-electron chi connectivity index (χ0n) is 31.1. The van der Waals surface area contributed by atoms with E-state index in [4.69, 9.17) is 9.47 Å². The molecule has 55 heavy (non-hydrogen) atoms. The third-order valence-electron chi connectivity index (χ3n) is 9.91. The van der Waals surface area contributed by atoms with E-state index in [1.807, 2.05) is 49.5 Å². The van der Waals surface area contributed by atoms with Crippen molar-refractivity contribution in [2.75, 3.05) is 20.1 Å². The lowest BCUT2D eigenvalue weighted by Gasteiger charge is -2.30. The van der Waals surface area contributed by atoms with E-state index in [1.165, 1.54) is 18.7 Å². The number of hydrogen-bond donors (Lipinski definition) is 3. The summed E-state index contributed by atoms with van der Waals surface area (Å²) in [6, 6.07) is 16.7. The molecular weight excluding hydrogens is 695 g/mol. The molecular formula is C42H43N9O4. The maximum Gasteiger partial charge on any atom is 0.255 e. The predicted molar refractivity (Wildman–Crippen MR) is 207 cm³/mol. The molecule has 13 nitrogen and oxygen atoms in total. The van der Waals surface area contributed by atoms with Gasteiger partial charge in [0.15, 0.2) is 0 Å². The van der Waals surface area contributed by atoms with Crippen molar-refractivity contribution in [1.82, 2.24) is 45.0 Å². The molecule has 8 rings (SSSR count). The van der Waals surface area contributed by atoms with Gasteiger partial charge in [-0.15, -0.1) is 0 Å². The number of nitrogens with one attached hydrogen (secondary N) is 3. The lowest BCUT2D eigenvalue weighted by molar-refractivity contribution is -0.134. The maximum absolute atomic E-state index is 14.2. The lowest BCUT2D eigenvalue weighted by atomic mass is 9.87. The first-order valence-corrected chi connectivity index (χ1v) is 18.6. The summed E-state index contributed by atoms with van der Waals surface area (Å²) in [5, 5.41) is 2.91. The Kier molecular flexibility index (Phi) is 10.1. The molecule has 3 aromatic carbocycles. The Hall–Kier alpha value is -6.34. The van der Waals surface area contributed by atoms with Crippen molar-refractivity contribution in [3.8, 4) is 45.1 Å². The number of carbonyl (C=O) groups is 2. The minimum Gasteiger partial charge on any atom is -0.488 e. The average molecular weight is 738 g/mol. The van der Waals surface area contributed by atoms with Gasteiger partial charge < -0.3 is 29.7 Å². The number of benzene rings is 3. The summed E-state index contributed by atoms with van der Waals surface area (Å²) >= 11 is 0. The smallest absolute Gasteiger partial charge is 0.255 e. The fourth-order valence-corrected chi connectivity index (χ4v) is 7.35. The number of amides is 2. The molecule has 0 saturated carbocycles. The number of aromatic nitrogens is 6. The SMILES string of the molecule is CCCN(C)Cc1ncc(-c2cc3c4c(c2)OCc2cc(-c5cnc(CN(CCC)C(=O)[C@H](NC(=O)c6cncnc6)c6ccccc6)[nH]5)cc(c2-4)OC3)[nH]1. The van der Waals surface area contributed by atoms with Crippen LogP contribution < -0.4 is 14.8 Å². The van der Waals surface area contributed by atoms with Crippen LogP contribution in [-0.2, 0) is 31.1 Å². The van der Waals surface area contributed by atoms with E-state index in [9.17, 15) is 9.59 Å². The Morgan fingerprint density at radius 2 is 1.36 bits per heavy atom. The Labute approximate surface area is 319 Å². The van der Waals surface area contributed by atoms with Gasteiger partial charge in [0.1, 0.15) is 48.7 Å². The largest absolute Gasteiger partial charge is 0.488 e. The van der Waals surface area contributed by atoms with Crippen LogP contribution in [0.25, 0.3) is 33.6 Å². The third-order valence-corrected chi connectivity index (χ3v) is 9.91. The lowest BCUT2D eigenvalue weighted by Crippen LogP contribution is -2.43. The number of hydrogen-bond acceptors (Lipinski definition) is 9. The van der Waals surface area contributed by atoms with Crippen LogP contribution in [0.5, 0.6) is 11.5 Å². The highest BCUT2D eigenvalue weighted by Gasteiger charge is 2.31. The van der Waals surface area contributed by atoms with E-state index in [-0.39, 0.29) is 18.0 Å². The van der Waals surface area contributed by atoms with Gasteiger partial charge >= 0.3 is 0 Å². The molecule has 0 bridgehead atoms. The molecule has 280 valence electrons. The molecule has 13 heteroatoms. The van der Waals surface area contributed by atoms with Gasteiger partial charge in [-0.05, 0) is 56.3 Å². The number of nitrogens with zero attached hydrogens (tertiary/aromatic N) is 6. The van der Waals surface area contributed by atoms with Crippen LogP contribution >= 0.6 is 0 Å². The first-order valence-electron chi connectivity index (χ1n) is 18.6. The Bertz CT molecular complexity index is 2270. The number of imidazole rings is 2. The van der Waals surface area contributed by atoms with Gasteiger partial charge in [0.25, 0.3) is 5.91 Å². The Morgan fingerprint density at radius 1 is 0.782 bits per heavy atom. The zero-order valence-corrected chi connectivity index (χ0v) is 31.1. The van der Waals surface area contributed by atoms with Crippen molar-refractivity contribution in [1.29, 1.82) is 0 Å². The highest BCUT2D eigenvalue weighted by molar-refractivity contribution is 5.97. The number of rotatable bonds is 14. The molecule has 2 amide bonds. The molecule has 2 aliphatic heterocycles. The van der Waals surface area contributed by atoms with E-state index in [0.717, 1.165) is 88.0 Å². The van der Waals surface area contributed by atoms with Crippen LogP contribution in [0.15, 0.2) is 85.7 Å². The number of aromatic amines is 2. The van der Waals surface area contributed by atoms with Crippen molar-refractivity contribution >= 4 is 11.8 Å². The molecule has 2 aliphatic rings. The van der Waals surface area contributed by atoms with Crippen LogP contribution in [0.4, 0.5) is 0 Å². The summed E-state index contributed by atoms with van der Waals surface area (Å²) in [4.78, 5) is 55.5. The standard InChI is InChI=1S/C42H43N9O4/c1-4-11-50(3)21-36-45-19-32(47-36)27-13-29-23-55-35-16-28(14-30-24-54-34(15-27)38(29)39(30)35)33-20-46-37(48-33)22-51(12-5-2)42(53)40(26-9-7-6-8-10-26)49-41(52)31-17-43-25-44-18-31/h6-10,13-20,25,40H,4-5,11-12,21-24H2,1-3H3,(H,45,47)(H,46,48)(H,49,52)/t40-/m1/s1. The topological polar surface area (TPSA) is 154 Å². The minimum absolute atomic E-state index is 0.226. The highest BCUT2D eigenvalue weighted by Crippen LogP contribution is 2.50. The van der Waals surface area contributed by atoms with Gasteiger partial charge in [0, 0.05) is 52.3 Å². The normalized spacial score (nSPS) is 13.1. The van der Waals surface area contributed by atoms with Gasteiger partial charge in [0.05, 0.1) is 42.4 Å². The van der Waals surface area contributed by atoms with Crippen molar-refractivity contribution in [3.63, 3.8) is 0 Å². The second kappa shape index (κ2) is 15.6. The maximum atomic E-state index is 14.2. The minimum atomic E-state index is -0.917. The Morgan fingerprint density at radius 3 is 1.95 bits per heavy atom. The molecule has 5 heterocycles. The molecule has 0 fully saturated rings. The summed E-state index contributed by atoms with van der Waals surface area (Å²) in [5.41, 5.74) is 8.83. The average Bonchev–Trinajstić information content (AvgIpc) is 3.89. The van der Waals surface area contributed by atoms with Gasteiger partial charge in [-0.2, -0.15) is 0 Å². The number of carbonyl (C=O) groups excluding carboxylic acids is 2. The molecule has 3 N–H and O–H groups in total. The van der Waals surface area contributed by atoms with Crippen LogP contribution in [0.2, 0.25) is 0 Å². The summed E-state index contributed by atoms with van der Waals surface area (Å²) in [6.45, 7) is 7.46. The second-order valence-corrected chi connectivity index (χ2v) is 14.0. The van der Waals surface area contributed by atoms with Crippen molar-refractivity contribution < 1.29 is 19.1 Å². The Balaban J connectivity index is 1.02. The fraction of sp³-hybridized carbons (Fsp3) is 0.286. The first-order chi connectivity index (χ1) is 26.9. The summed E-state index contributed by atoms with van der Waals surface area (Å²) in [6.07, 6.45) is 9.68. The fourth-order valence-electron chi connectivity index (χ4n) is 7.35. The van der Waals surface area contributed by atoms with Crippen LogP contribution in [0.3, 0.4) is 0 Å². The van der Waals surface area contributed by atoms with Crippen LogP contribution in [0.1, 0.15) is 71.4 Å². The van der Waals surface area contributed by atoms with Crippen molar-refractivity contribution in [2.45, 2.75) is 59.0 Å². The molecule has 0 spiro atoms. The monoisotopic (exact) mass is 737 g/mol. The third kappa shape index (κ3) is 7.43. The molecule has 0 saturated heterocycles. The van der Waals surface area contributed by atoms with E-state index in [2.05, 4.69) is 72.3 Å². The molecule has 0 unspecified atom stereocenters. The molecule has 3 aromatic heterocycles. The van der Waals surface area contributed by atoms with Crippen LogP contribution in [0, 0.1) is 0 Å². The highest BCUT2D eigenvalue weighted by atomic mass is 16.5.